The summed E-state index contributed by atoms with van der Waals surface area (Å²) >= 11 is 3.12. The zero-order chi connectivity index (χ0) is 10.8. The summed E-state index contributed by atoms with van der Waals surface area (Å²) in [6.07, 6.45) is -7.06. The molecule has 0 aliphatic rings. The van der Waals surface area contributed by atoms with Gasteiger partial charge in [0.15, 0.2) is 0 Å². The van der Waals surface area contributed by atoms with Crippen molar-refractivity contribution in [1.29, 1.82) is 0 Å². The normalized spacial score (nSPS) is 14.1. The first-order valence-electron chi connectivity index (χ1n) is 3.89. The number of rotatable bonds is 2. The third-order valence-electron chi connectivity index (χ3n) is 1.66. The summed E-state index contributed by atoms with van der Waals surface area (Å²) in [6, 6.07) is 6.19. The molecule has 14 heavy (non-hydrogen) atoms. The van der Waals surface area contributed by atoms with Gasteiger partial charge in [0.2, 0.25) is 0 Å². The first-order valence-corrected chi connectivity index (χ1v) is 4.68. The lowest BCUT2D eigenvalue weighted by atomic mass is 10.1. The highest BCUT2D eigenvalue weighted by Gasteiger charge is 2.31. The average Bonchev–Trinajstić information content (AvgIpc) is 2.01. The summed E-state index contributed by atoms with van der Waals surface area (Å²) in [7, 11) is 0. The second-order valence-electron chi connectivity index (χ2n) is 2.89. The van der Waals surface area contributed by atoms with Gasteiger partial charge in [0.05, 0.1) is 12.5 Å². The third-order valence-corrected chi connectivity index (χ3v) is 2.15. The Morgan fingerprint density at radius 1 is 1.36 bits per heavy atom. The standard InChI is InChI=1S/C9H8BrF3O/c10-7-3-1-2-6(4-7)8(14)5-9(11,12)13/h1-4,8,14H,5H2. The Morgan fingerprint density at radius 3 is 2.50 bits per heavy atom. The van der Waals surface area contributed by atoms with Gasteiger partial charge >= 0.3 is 6.18 Å². The van der Waals surface area contributed by atoms with Crippen molar-refractivity contribution in [2.24, 2.45) is 0 Å². The van der Waals surface area contributed by atoms with Crippen LogP contribution in [0.5, 0.6) is 0 Å². The largest absolute Gasteiger partial charge is 0.391 e. The molecule has 1 unspecified atom stereocenters. The molecule has 0 amide bonds. The molecule has 0 saturated carbocycles. The Morgan fingerprint density at radius 2 is 2.00 bits per heavy atom. The fourth-order valence-electron chi connectivity index (χ4n) is 1.05. The molecular formula is C9H8BrF3O. The van der Waals surface area contributed by atoms with Gasteiger partial charge in [-0.1, -0.05) is 28.1 Å². The Hall–Kier alpha value is -0.550. The maximum absolute atomic E-state index is 11.9. The second kappa shape index (κ2) is 4.31. The molecule has 0 saturated heterocycles. The average molecular weight is 269 g/mol. The second-order valence-corrected chi connectivity index (χ2v) is 3.81. The van der Waals surface area contributed by atoms with E-state index in [0.29, 0.717) is 4.47 Å². The van der Waals surface area contributed by atoms with Gasteiger partial charge in [-0.3, -0.25) is 0 Å². The fourth-order valence-corrected chi connectivity index (χ4v) is 1.47. The van der Waals surface area contributed by atoms with Gasteiger partial charge in [0, 0.05) is 4.47 Å². The third kappa shape index (κ3) is 3.67. The molecule has 1 aromatic carbocycles. The van der Waals surface area contributed by atoms with Crippen LogP contribution in [0, 0.1) is 0 Å². The molecule has 5 heteroatoms. The van der Waals surface area contributed by atoms with Gasteiger partial charge in [-0.25, -0.2) is 0 Å². The highest BCUT2D eigenvalue weighted by molar-refractivity contribution is 9.10. The van der Waals surface area contributed by atoms with E-state index in [4.69, 9.17) is 0 Å². The number of hydrogen-bond acceptors (Lipinski definition) is 1. The van der Waals surface area contributed by atoms with Crippen LogP contribution in [0.25, 0.3) is 0 Å². The van der Waals surface area contributed by atoms with Crippen molar-refractivity contribution in [2.45, 2.75) is 18.7 Å². The lowest BCUT2D eigenvalue weighted by molar-refractivity contribution is -0.154. The van der Waals surface area contributed by atoms with Crippen LogP contribution in [0.1, 0.15) is 18.1 Å². The lowest BCUT2D eigenvalue weighted by Gasteiger charge is -2.13. The van der Waals surface area contributed by atoms with Crippen molar-refractivity contribution in [2.75, 3.05) is 0 Å². The van der Waals surface area contributed by atoms with Crippen molar-refractivity contribution in [1.82, 2.24) is 0 Å². The molecule has 0 aromatic heterocycles. The minimum absolute atomic E-state index is 0.261. The Bertz CT molecular complexity index is 311. The fraction of sp³-hybridized carbons (Fsp3) is 0.333. The van der Waals surface area contributed by atoms with Gasteiger partial charge in [0.1, 0.15) is 0 Å². The van der Waals surface area contributed by atoms with Gasteiger partial charge < -0.3 is 5.11 Å². The molecule has 1 atom stereocenters. The summed E-state index contributed by atoms with van der Waals surface area (Å²) in [5.41, 5.74) is 0.261. The maximum atomic E-state index is 11.9. The minimum atomic E-state index is -4.35. The minimum Gasteiger partial charge on any atom is -0.388 e. The van der Waals surface area contributed by atoms with E-state index in [2.05, 4.69) is 15.9 Å². The van der Waals surface area contributed by atoms with Crippen LogP contribution in [0.3, 0.4) is 0 Å². The molecular weight excluding hydrogens is 261 g/mol. The van der Waals surface area contributed by atoms with E-state index in [1.54, 1.807) is 12.1 Å². The van der Waals surface area contributed by atoms with E-state index in [-0.39, 0.29) is 5.56 Å². The number of halogens is 4. The van der Waals surface area contributed by atoms with E-state index >= 15 is 0 Å². The van der Waals surface area contributed by atoms with Crippen molar-refractivity contribution < 1.29 is 18.3 Å². The van der Waals surface area contributed by atoms with Crippen LogP contribution in [0.2, 0.25) is 0 Å². The van der Waals surface area contributed by atoms with Crippen LogP contribution in [-0.4, -0.2) is 11.3 Å². The van der Waals surface area contributed by atoms with Crippen LogP contribution in [0.15, 0.2) is 28.7 Å². The number of benzene rings is 1. The lowest BCUT2D eigenvalue weighted by Crippen LogP contribution is -2.13. The molecule has 1 N–H and O–H groups in total. The molecule has 0 aliphatic heterocycles. The van der Waals surface area contributed by atoms with Gasteiger partial charge in [0.25, 0.3) is 0 Å². The maximum Gasteiger partial charge on any atom is 0.391 e. The quantitative estimate of drug-likeness (QED) is 0.872. The highest BCUT2D eigenvalue weighted by atomic mass is 79.9. The summed E-state index contributed by atoms with van der Waals surface area (Å²) in [5, 5.41) is 9.24. The van der Waals surface area contributed by atoms with Gasteiger partial charge in [-0.2, -0.15) is 13.2 Å². The van der Waals surface area contributed by atoms with Crippen molar-refractivity contribution in [3.63, 3.8) is 0 Å². The SMILES string of the molecule is OC(CC(F)(F)F)c1cccc(Br)c1. The molecule has 0 radical (unpaired) electrons. The molecule has 0 aliphatic carbocycles. The predicted molar refractivity (Wildman–Crippen MR) is 49.8 cm³/mol. The topological polar surface area (TPSA) is 20.2 Å². The Kier molecular flexibility index (Phi) is 3.55. The smallest absolute Gasteiger partial charge is 0.388 e. The number of aliphatic hydroxyl groups is 1. The summed E-state index contributed by atoms with van der Waals surface area (Å²) < 4.78 is 36.4. The van der Waals surface area contributed by atoms with E-state index in [0.717, 1.165) is 0 Å². The molecule has 0 heterocycles. The summed E-state index contributed by atoms with van der Waals surface area (Å²) in [5.74, 6) is 0. The Balaban J connectivity index is 2.74. The van der Waals surface area contributed by atoms with Crippen LogP contribution < -0.4 is 0 Å². The first kappa shape index (κ1) is 11.5. The van der Waals surface area contributed by atoms with Crippen molar-refractivity contribution in [3.8, 4) is 0 Å². The Labute approximate surface area is 87.7 Å². The van der Waals surface area contributed by atoms with Gasteiger partial charge in [-0.05, 0) is 17.7 Å². The number of hydrogen-bond donors (Lipinski definition) is 1. The zero-order valence-electron chi connectivity index (χ0n) is 7.05. The van der Waals surface area contributed by atoms with Crippen LogP contribution in [-0.2, 0) is 0 Å². The molecule has 0 spiro atoms. The molecule has 1 aromatic rings. The summed E-state index contributed by atoms with van der Waals surface area (Å²) in [6.45, 7) is 0. The van der Waals surface area contributed by atoms with E-state index in [1.165, 1.54) is 12.1 Å². The van der Waals surface area contributed by atoms with Crippen molar-refractivity contribution >= 4 is 15.9 Å². The van der Waals surface area contributed by atoms with E-state index < -0.39 is 18.7 Å². The zero-order valence-corrected chi connectivity index (χ0v) is 8.64. The molecule has 1 rings (SSSR count). The molecule has 1 nitrogen and oxygen atoms in total. The first-order chi connectivity index (χ1) is 6.38. The number of alkyl halides is 3. The predicted octanol–water partition coefficient (Wildman–Crippen LogP) is 3.43. The van der Waals surface area contributed by atoms with Crippen LogP contribution in [0.4, 0.5) is 13.2 Å². The molecule has 0 fully saturated rings. The number of aliphatic hydroxyl groups excluding tert-OH is 1. The van der Waals surface area contributed by atoms with Crippen molar-refractivity contribution in [3.05, 3.63) is 34.3 Å². The summed E-state index contributed by atoms with van der Waals surface area (Å²) in [4.78, 5) is 0. The van der Waals surface area contributed by atoms with E-state index in [9.17, 15) is 18.3 Å². The van der Waals surface area contributed by atoms with E-state index in [1.807, 2.05) is 0 Å². The molecule has 0 bridgehead atoms. The van der Waals surface area contributed by atoms with Crippen LogP contribution >= 0.6 is 15.9 Å². The molecule has 78 valence electrons. The monoisotopic (exact) mass is 268 g/mol. The highest BCUT2D eigenvalue weighted by Crippen LogP contribution is 2.30. The van der Waals surface area contributed by atoms with Gasteiger partial charge in [-0.15, -0.1) is 0 Å².